The minimum Gasteiger partial charge on any atom is -0.343 e. The van der Waals surface area contributed by atoms with Crippen LogP contribution in [0.3, 0.4) is 0 Å². The third-order valence-electron chi connectivity index (χ3n) is 3.90. The highest BCUT2D eigenvalue weighted by molar-refractivity contribution is 7.99. The van der Waals surface area contributed by atoms with Gasteiger partial charge in [0, 0.05) is 16.7 Å². The number of nitrogens with zero attached hydrogens (tertiary/aromatic N) is 1. The first kappa shape index (κ1) is 17.2. The van der Waals surface area contributed by atoms with Crippen molar-refractivity contribution < 1.29 is 4.79 Å². The number of pyridine rings is 1. The fraction of sp³-hybridized carbons (Fsp3) is 0.143. The molecule has 0 saturated heterocycles. The van der Waals surface area contributed by atoms with E-state index in [-0.39, 0.29) is 5.91 Å². The van der Waals surface area contributed by atoms with Gasteiger partial charge in [0.2, 0.25) is 0 Å². The fourth-order valence-electron chi connectivity index (χ4n) is 2.49. The summed E-state index contributed by atoms with van der Waals surface area (Å²) in [6.45, 7) is 4.01. The van der Waals surface area contributed by atoms with E-state index in [1.807, 2.05) is 86.6 Å². The van der Waals surface area contributed by atoms with E-state index in [0.29, 0.717) is 5.56 Å². The van der Waals surface area contributed by atoms with Gasteiger partial charge in [-0.05, 0) is 55.8 Å². The lowest BCUT2D eigenvalue weighted by Gasteiger charge is -2.27. The lowest BCUT2D eigenvalue weighted by atomic mass is 9.94. The number of nitrogens with one attached hydrogen (secondary N) is 1. The number of amides is 1. The summed E-state index contributed by atoms with van der Waals surface area (Å²) in [5, 5.41) is 4.04. The molecule has 1 N–H and O–H groups in total. The largest absolute Gasteiger partial charge is 0.343 e. The van der Waals surface area contributed by atoms with Crippen molar-refractivity contribution in [2.75, 3.05) is 0 Å². The van der Waals surface area contributed by atoms with Gasteiger partial charge in [-0.3, -0.25) is 4.79 Å². The average Bonchev–Trinajstić information content (AvgIpc) is 2.63. The van der Waals surface area contributed by atoms with E-state index in [2.05, 4.69) is 10.3 Å². The molecule has 1 amide bonds. The lowest BCUT2D eigenvalue weighted by Crippen LogP contribution is -2.40. The van der Waals surface area contributed by atoms with E-state index in [4.69, 9.17) is 0 Å². The third kappa shape index (κ3) is 4.48. The van der Waals surface area contributed by atoms with E-state index >= 15 is 0 Å². The van der Waals surface area contributed by atoms with E-state index in [9.17, 15) is 4.79 Å². The van der Waals surface area contributed by atoms with Gasteiger partial charge in [0.25, 0.3) is 5.91 Å². The quantitative estimate of drug-likeness (QED) is 0.713. The first-order valence-electron chi connectivity index (χ1n) is 8.11. The number of hydrogen-bond acceptors (Lipinski definition) is 3. The maximum Gasteiger partial charge on any atom is 0.251 e. The average molecular weight is 348 g/mol. The van der Waals surface area contributed by atoms with Crippen LogP contribution in [0.15, 0.2) is 88.9 Å². The van der Waals surface area contributed by atoms with Gasteiger partial charge in [0.05, 0.1) is 5.54 Å². The highest BCUT2D eigenvalue weighted by Gasteiger charge is 2.23. The van der Waals surface area contributed by atoms with Gasteiger partial charge in [-0.25, -0.2) is 4.98 Å². The van der Waals surface area contributed by atoms with Crippen molar-refractivity contribution >= 4 is 17.7 Å². The predicted molar refractivity (Wildman–Crippen MR) is 102 cm³/mol. The van der Waals surface area contributed by atoms with Gasteiger partial charge in [0.1, 0.15) is 5.03 Å². The monoisotopic (exact) mass is 348 g/mol. The highest BCUT2D eigenvalue weighted by atomic mass is 32.2. The zero-order valence-electron chi connectivity index (χ0n) is 14.3. The molecule has 0 unspecified atom stereocenters. The van der Waals surface area contributed by atoms with Crippen molar-refractivity contribution in [1.29, 1.82) is 0 Å². The van der Waals surface area contributed by atoms with E-state index in [1.54, 1.807) is 18.0 Å². The number of hydrogen-bond donors (Lipinski definition) is 1. The SMILES string of the molecule is CC(C)(NC(=O)c1ccc(Sc2ccccn2)cc1)c1ccccc1. The van der Waals surface area contributed by atoms with Crippen molar-refractivity contribution in [2.45, 2.75) is 29.3 Å². The number of carbonyl (C=O) groups is 1. The Morgan fingerprint density at radius 3 is 2.24 bits per heavy atom. The van der Waals surface area contributed by atoms with Crippen LogP contribution in [0.5, 0.6) is 0 Å². The Balaban J connectivity index is 1.68. The Kier molecular flexibility index (Phi) is 5.19. The lowest BCUT2D eigenvalue weighted by molar-refractivity contribution is 0.0912. The molecule has 0 radical (unpaired) electrons. The standard InChI is InChI=1S/C21H20N2OS/c1-21(2,17-8-4-3-5-9-17)23-20(24)16-11-13-18(14-12-16)25-19-10-6-7-15-22-19/h3-15H,1-2H3,(H,23,24). The summed E-state index contributed by atoms with van der Waals surface area (Å²) in [6, 6.07) is 23.4. The molecule has 126 valence electrons. The normalized spacial score (nSPS) is 11.1. The molecule has 3 aromatic rings. The Bertz CT molecular complexity index is 831. The molecule has 0 aliphatic carbocycles. The number of rotatable bonds is 5. The zero-order valence-corrected chi connectivity index (χ0v) is 15.1. The molecule has 0 aliphatic heterocycles. The fourth-order valence-corrected chi connectivity index (χ4v) is 3.26. The van der Waals surface area contributed by atoms with Crippen LogP contribution in [0, 0.1) is 0 Å². The molecular formula is C21H20N2OS. The Morgan fingerprint density at radius 1 is 0.920 bits per heavy atom. The van der Waals surface area contributed by atoms with Crippen molar-refractivity contribution in [2.24, 2.45) is 0 Å². The minimum absolute atomic E-state index is 0.0803. The molecule has 2 aromatic carbocycles. The van der Waals surface area contributed by atoms with Gasteiger partial charge >= 0.3 is 0 Å². The number of aromatic nitrogens is 1. The molecule has 0 atom stereocenters. The second kappa shape index (κ2) is 7.53. The summed E-state index contributed by atoms with van der Waals surface area (Å²) >= 11 is 1.58. The molecule has 4 heteroatoms. The van der Waals surface area contributed by atoms with Gasteiger partial charge in [-0.2, -0.15) is 0 Å². The second-order valence-electron chi connectivity index (χ2n) is 6.24. The molecule has 3 nitrogen and oxygen atoms in total. The molecule has 1 aromatic heterocycles. The van der Waals surface area contributed by atoms with Gasteiger partial charge in [0.15, 0.2) is 0 Å². The minimum atomic E-state index is -0.431. The Hall–Kier alpha value is -2.59. The third-order valence-corrected chi connectivity index (χ3v) is 4.86. The van der Waals surface area contributed by atoms with Crippen molar-refractivity contribution in [3.05, 3.63) is 90.1 Å². The van der Waals surface area contributed by atoms with Crippen molar-refractivity contribution in [3.63, 3.8) is 0 Å². The molecule has 0 saturated carbocycles. The second-order valence-corrected chi connectivity index (χ2v) is 7.33. The van der Waals surface area contributed by atoms with Crippen molar-refractivity contribution in [1.82, 2.24) is 10.3 Å². The number of benzene rings is 2. The van der Waals surface area contributed by atoms with E-state index in [0.717, 1.165) is 15.5 Å². The van der Waals surface area contributed by atoms with Crippen LogP contribution in [-0.2, 0) is 5.54 Å². The first-order valence-corrected chi connectivity index (χ1v) is 8.93. The molecular weight excluding hydrogens is 328 g/mol. The van der Waals surface area contributed by atoms with Gasteiger partial charge in [-0.15, -0.1) is 0 Å². The molecule has 3 rings (SSSR count). The molecule has 0 fully saturated rings. The highest BCUT2D eigenvalue weighted by Crippen LogP contribution is 2.26. The van der Waals surface area contributed by atoms with Crippen LogP contribution in [0.4, 0.5) is 0 Å². The molecule has 0 bridgehead atoms. The Morgan fingerprint density at radius 2 is 1.60 bits per heavy atom. The van der Waals surface area contributed by atoms with Crippen molar-refractivity contribution in [3.8, 4) is 0 Å². The van der Waals surface area contributed by atoms with E-state index < -0.39 is 5.54 Å². The smallest absolute Gasteiger partial charge is 0.251 e. The summed E-state index contributed by atoms with van der Waals surface area (Å²) < 4.78 is 0. The molecule has 0 aliphatic rings. The van der Waals surface area contributed by atoms with Crippen LogP contribution in [-0.4, -0.2) is 10.9 Å². The Labute approximate surface area is 152 Å². The van der Waals surface area contributed by atoms with Crippen LogP contribution in [0.1, 0.15) is 29.8 Å². The summed E-state index contributed by atoms with van der Waals surface area (Å²) in [7, 11) is 0. The molecule has 1 heterocycles. The summed E-state index contributed by atoms with van der Waals surface area (Å²) in [4.78, 5) is 17.9. The first-order chi connectivity index (χ1) is 12.0. The molecule has 0 spiro atoms. The zero-order chi connectivity index (χ0) is 17.7. The molecule has 25 heavy (non-hydrogen) atoms. The van der Waals surface area contributed by atoms with E-state index in [1.165, 1.54) is 0 Å². The topological polar surface area (TPSA) is 42.0 Å². The summed E-state index contributed by atoms with van der Waals surface area (Å²) in [5.74, 6) is -0.0803. The van der Waals surface area contributed by atoms with Crippen LogP contribution in [0.25, 0.3) is 0 Å². The predicted octanol–water partition coefficient (Wildman–Crippen LogP) is 4.90. The van der Waals surface area contributed by atoms with Gasteiger partial charge in [-0.1, -0.05) is 48.2 Å². The maximum atomic E-state index is 12.6. The maximum absolute atomic E-state index is 12.6. The van der Waals surface area contributed by atoms with Crippen LogP contribution < -0.4 is 5.32 Å². The summed E-state index contributed by atoms with van der Waals surface area (Å²) in [5.41, 5.74) is 1.29. The van der Waals surface area contributed by atoms with Gasteiger partial charge < -0.3 is 5.32 Å². The summed E-state index contributed by atoms with van der Waals surface area (Å²) in [6.07, 6.45) is 1.77. The van der Waals surface area contributed by atoms with Crippen LogP contribution in [0.2, 0.25) is 0 Å². The van der Waals surface area contributed by atoms with Crippen LogP contribution >= 0.6 is 11.8 Å². The number of carbonyl (C=O) groups excluding carboxylic acids is 1.